The van der Waals surface area contributed by atoms with Crippen LogP contribution in [0.2, 0.25) is 0 Å². The molecule has 0 saturated heterocycles. The fraction of sp³-hybridized carbons (Fsp3) is 0.609. The predicted molar refractivity (Wildman–Crippen MR) is 122 cm³/mol. The first-order valence-corrected chi connectivity index (χ1v) is 11.7. The number of amides is 1. The van der Waals surface area contributed by atoms with E-state index in [1.165, 1.54) is 31.7 Å². The number of ether oxygens (including phenoxy) is 1. The van der Waals surface area contributed by atoms with Crippen molar-refractivity contribution in [3.63, 3.8) is 0 Å². The summed E-state index contributed by atoms with van der Waals surface area (Å²) < 4.78 is 10.1. The van der Waals surface area contributed by atoms with E-state index in [-0.39, 0.29) is 23.2 Å². The van der Waals surface area contributed by atoms with Crippen LogP contribution in [0.3, 0.4) is 0 Å². The van der Waals surface area contributed by atoms with Crippen molar-refractivity contribution in [2.24, 2.45) is 11.1 Å². The molecule has 4 rings (SSSR count). The minimum Gasteiger partial charge on any atom is -0.450 e. The van der Waals surface area contributed by atoms with E-state index >= 15 is 0 Å². The van der Waals surface area contributed by atoms with Crippen LogP contribution < -0.4 is 21.3 Å². The Balaban J connectivity index is 1.42. The van der Waals surface area contributed by atoms with Gasteiger partial charge in [0.1, 0.15) is 5.39 Å². The number of hydrogen-bond acceptors (Lipinski definition) is 8. The fourth-order valence-electron chi connectivity index (χ4n) is 4.66. The van der Waals surface area contributed by atoms with Crippen LogP contribution in [-0.4, -0.2) is 34.4 Å². The predicted octanol–water partition coefficient (Wildman–Crippen LogP) is 3.42. The third-order valence-electron chi connectivity index (χ3n) is 6.39. The molecular weight excluding hydrogens is 428 g/mol. The molecule has 0 radical (unpaired) electrons. The molecule has 10 nitrogen and oxygen atoms in total. The van der Waals surface area contributed by atoms with Gasteiger partial charge in [-0.1, -0.05) is 30.8 Å². The standard InChI is InChI=1S/C23H30N4O6/c1-2-31-23(30)24-16-9-11-17(12-10-16)27-33-22-25-20(29)19-15(8-7-14-5-3-4-6-14)13-18(28)32-21(19)26-22/h13-14,16H,2-12H2,1H3,(H,24,30)(H,25,26,29). The Labute approximate surface area is 190 Å². The highest BCUT2D eigenvalue weighted by molar-refractivity contribution is 5.85. The average Bonchev–Trinajstić information content (AvgIpc) is 3.30. The molecule has 0 atom stereocenters. The molecule has 0 aromatic carbocycles. The minimum atomic E-state index is -0.535. The maximum absolute atomic E-state index is 12.7. The second kappa shape index (κ2) is 10.6. The zero-order valence-corrected chi connectivity index (χ0v) is 18.9. The van der Waals surface area contributed by atoms with Crippen molar-refractivity contribution < 1.29 is 18.8 Å². The number of H-pyrrole nitrogens is 1. The van der Waals surface area contributed by atoms with Gasteiger partial charge in [-0.2, -0.15) is 4.98 Å². The lowest BCUT2D eigenvalue weighted by molar-refractivity contribution is 0.146. The molecule has 2 aromatic heterocycles. The van der Waals surface area contributed by atoms with E-state index in [0.29, 0.717) is 50.2 Å². The molecule has 2 aliphatic carbocycles. The lowest BCUT2D eigenvalue weighted by Gasteiger charge is -2.23. The van der Waals surface area contributed by atoms with E-state index < -0.39 is 17.3 Å². The number of nitrogens with zero attached hydrogens (tertiary/aromatic N) is 2. The van der Waals surface area contributed by atoms with Crippen LogP contribution in [0.15, 0.2) is 25.2 Å². The Bertz CT molecular complexity index is 1120. The van der Waals surface area contributed by atoms with Crippen LogP contribution >= 0.6 is 0 Å². The van der Waals surface area contributed by atoms with E-state index in [9.17, 15) is 14.4 Å². The fourth-order valence-corrected chi connectivity index (χ4v) is 4.66. The third-order valence-corrected chi connectivity index (χ3v) is 6.39. The second-order valence-corrected chi connectivity index (χ2v) is 8.72. The molecule has 2 heterocycles. The van der Waals surface area contributed by atoms with Crippen LogP contribution in [0, 0.1) is 5.92 Å². The Hall–Kier alpha value is -3.17. The third kappa shape index (κ3) is 6.00. The zero-order valence-electron chi connectivity index (χ0n) is 18.9. The quantitative estimate of drug-likeness (QED) is 0.607. The molecule has 2 aromatic rings. The van der Waals surface area contributed by atoms with Crippen molar-refractivity contribution in [1.82, 2.24) is 15.3 Å². The molecule has 0 bridgehead atoms. The van der Waals surface area contributed by atoms with E-state index in [1.54, 1.807) is 6.92 Å². The Morgan fingerprint density at radius 3 is 2.73 bits per heavy atom. The molecule has 0 unspecified atom stereocenters. The Morgan fingerprint density at radius 1 is 1.24 bits per heavy atom. The van der Waals surface area contributed by atoms with Crippen LogP contribution in [0.5, 0.6) is 6.01 Å². The number of carbonyl (C=O) groups is 1. The van der Waals surface area contributed by atoms with Gasteiger partial charge < -0.3 is 19.3 Å². The summed E-state index contributed by atoms with van der Waals surface area (Å²) in [6, 6.07) is 1.29. The summed E-state index contributed by atoms with van der Waals surface area (Å²) in [6.07, 6.45) is 8.75. The molecule has 2 aliphatic rings. The number of oxime groups is 1. The normalized spacial score (nSPS) is 18.9. The monoisotopic (exact) mass is 458 g/mol. The number of hydrogen-bond donors (Lipinski definition) is 2. The summed E-state index contributed by atoms with van der Waals surface area (Å²) in [5, 5.41) is 7.22. The Kier molecular flexibility index (Phi) is 7.41. The highest BCUT2D eigenvalue weighted by Crippen LogP contribution is 2.29. The lowest BCUT2D eigenvalue weighted by Crippen LogP contribution is -2.38. The SMILES string of the molecule is CCOC(=O)NC1CCC(=NOc2nc3oc(=O)cc(CCC4CCCC4)c3c(=O)[nH]2)CC1. The zero-order chi connectivity index (χ0) is 23.2. The number of aryl methyl sites for hydroxylation is 1. The van der Waals surface area contributed by atoms with Crippen LogP contribution in [0.1, 0.15) is 70.3 Å². The van der Waals surface area contributed by atoms with E-state index in [1.807, 2.05) is 0 Å². The van der Waals surface area contributed by atoms with Gasteiger partial charge in [-0.25, -0.2) is 9.59 Å². The highest BCUT2D eigenvalue weighted by atomic mass is 16.6. The van der Waals surface area contributed by atoms with Gasteiger partial charge in [0.15, 0.2) is 0 Å². The van der Waals surface area contributed by atoms with Crippen molar-refractivity contribution in [3.05, 3.63) is 32.4 Å². The molecule has 2 fully saturated rings. The van der Waals surface area contributed by atoms with Crippen molar-refractivity contribution in [2.75, 3.05) is 6.61 Å². The van der Waals surface area contributed by atoms with Gasteiger partial charge in [0.05, 0.1) is 12.3 Å². The van der Waals surface area contributed by atoms with E-state index in [4.69, 9.17) is 14.0 Å². The van der Waals surface area contributed by atoms with E-state index in [0.717, 1.165) is 12.1 Å². The maximum Gasteiger partial charge on any atom is 0.407 e. The van der Waals surface area contributed by atoms with Crippen LogP contribution in [0.25, 0.3) is 11.1 Å². The summed E-state index contributed by atoms with van der Waals surface area (Å²) in [6.45, 7) is 2.09. The first-order valence-electron chi connectivity index (χ1n) is 11.7. The number of aromatic nitrogens is 2. The largest absolute Gasteiger partial charge is 0.450 e. The van der Waals surface area contributed by atoms with Gasteiger partial charge in [0.25, 0.3) is 5.56 Å². The molecule has 10 heteroatoms. The van der Waals surface area contributed by atoms with Gasteiger partial charge in [-0.05, 0) is 56.9 Å². The van der Waals surface area contributed by atoms with Crippen molar-refractivity contribution in [1.29, 1.82) is 0 Å². The number of fused-ring (bicyclic) bond motifs is 1. The number of alkyl carbamates (subject to hydrolysis) is 1. The van der Waals surface area contributed by atoms with Gasteiger partial charge >= 0.3 is 17.7 Å². The molecule has 2 N–H and O–H groups in total. The van der Waals surface area contributed by atoms with Crippen molar-refractivity contribution >= 4 is 22.9 Å². The summed E-state index contributed by atoms with van der Waals surface area (Å²) in [5.41, 5.74) is 0.471. The molecule has 2 saturated carbocycles. The molecule has 1 amide bonds. The number of aromatic amines is 1. The van der Waals surface area contributed by atoms with Gasteiger partial charge in [0, 0.05) is 12.1 Å². The summed E-state index contributed by atoms with van der Waals surface area (Å²) >= 11 is 0. The first-order chi connectivity index (χ1) is 16.0. The van der Waals surface area contributed by atoms with Gasteiger partial charge in [-0.3, -0.25) is 9.78 Å². The van der Waals surface area contributed by atoms with Crippen LogP contribution in [0.4, 0.5) is 4.79 Å². The Morgan fingerprint density at radius 2 is 2.00 bits per heavy atom. The van der Waals surface area contributed by atoms with Gasteiger partial charge in [-0.15, -0.1) is 0 Å². The molecular formula is C23H30N4O6. The summed E-state index contributed by atoms with van der Waals surface area (Å²) in [4.78, 5) is 48.5. The topological polar surface area (TPSA) is 136 Å². The lowest BCUT2D eigenvalue weighted by atomic mass is 9.94. The summed E-state index contributed by atoms with van der Waals surface area (Å²) in [7, 11) is 0. The summed E-state index contributed by atoms with van der Waals surface area (Å²) in [5.74, 6) is 0.639. The maximum atomic E-state index is 12.7. The first kappa shape index (κ1) is 23.0. The number of rotatable bonds is 7. The van der Waals surface area contributed by atoms with Crippen molar-refractivity contribution in [2.45, 2.75) is 77.2 Å². The molecule has 33 heavy (non-hydrogen) atoms. The van der Waals surface area contributed by atoms with Gasteiger partial charge in [0.2, 0.25) is 5.71 Å². The average molecular weight is 459 g/mol. The molecule has 0 spiro atoms. The highest BCUT2D eigenvalue weighted by Gasteiger charge is 2.21. The second-order valence-electron chi connectivity index (χ2n) is 8.72. The minimum absolute atomic E-state index is 0.0264. The number of carbonyl (C=O) groups excluding carboxylic acids is 1. The molecule has 178 valence electrons. The number of nitrogens with one attached hydrogen (secondary N) is 2. The van der Waals surface area contributed by atoms with E-state index in [2.05, 4.69) is 20.4 Å². The van der Waals surface area contributed by atoms with Crippen molar-refractivity contribution in [3.8, 4) is 6.01 Å². The molecule has 0 aliphatic heterocycles. The smallest absolute Gasteiger partial charge is 0.407 e. The van der Waals surface area contributed by atoms with Crippen LogP contribution in [-0.2, 0) is 11.2 Å².